The minimum absolute atomic E-state index is 0.0139. The lowest BCUT2D eigenvalue weighted by Gasteiger charge is -2.18. The van der Waals surface area contributed by atoms with Crippen molar-refractivity contribution in [3.8, 4) is 0 Å². The third kappa shape index (κ3) is 0.990. The van der Waals surface area contributed by atoms with E-state index < -0.39 is 18.1 Å². The highest BCUT2D eigenvalue weighted by Crippen LogP contribution is 2.45. The molecule has 13 heavy (non-hydrogen) atoms. The Bertz CT molecular complexity index is 338. The number of aliphatic hydroxyl groups is 2. The molecule has 0 aliphatic heterocycles. The standard InChI is InChI=1S/C9H8F2O2/c10-7-5-3-1-2-4-6(5)9(12,13)8(7)11/h1-4,7-8,12-13H. The van der Waals surface area contributed by atoms with E-state index in [2.05, 4.69) is 0 Å². The van der Waals surface area contributed by atoms with E-state index in [1.807, 2.05) is 0 Å². The highest BCUT2D eigenvalue weighted by atomic mass is 19.2. The van der Waals surface area contributed by atoms with Gasteiger partial charge in [0.2, 0.25) is 5.79 Å². The number of rotatable bonds is 0. The zero-order chi connectivity index (χ0) is 9.64. The second-order valence-electron chi connectivity index (χ2n) is 3.12. The van der Waals surface area contributed by atoms with Crippen molar-refractivity contribution in [3.05, 3.63) is 35.4 Å². The van der Waals surface area contributed by atoms with Crippen molar-refractivity contribution in [1.29, 1.82) is 0 Å². The zero-order valence-electron chi connectivity index (χ0n) is 6.61. The van der Waals surface area contributed by atoms with Crippen LogP contribution in [0.5, 0.6) is 0 Å². The Kier molecular flexibility index (Phi) is 1.65. The second-order valence-corrected chi connectivity index (χ2v) is 3.12. The lowest BCUT2D eigenvalue weighted by atomic mass is 10.1. The fourth-order valence-electron chi connectivity index (χ4n) is 1.58. The number of hydrogen-bond donors (Lipinski definition) is 2. The summed E-state index contributed by atoms with van der Waals surface area (Å²) in [6.07, 6.45) is -4.25. The molecule has 0 spiro atoms. The molecule has 2 N–H and O–H groups in total. The van der Waals surface area contributed by atoms with Gasteiger partial charge in [-0.2, -0.15) is 0 Å². The molecule has 0 saturated carbocycles. The smallest absolute Gasteiger partial charge is 0.226 e. The number of halogens is 2. The summed E-state index contributed by atoms with van der Waals surface area (Å²) in [6.45, 7) is 0. The molecule has 0 radical (unpaired) electrons. The van der Waals surface area contributed by atoms with Gasteiger partial charge in [0.25, 0.3) is 0 Å². The van der Waals surface area contributed by atoms with Crippen molar-refractivity contribution in [2.24, 2.45) is 0 Å². The maximum atomic E-state index is 13.1. The van der Waals surface area contributed by atoms with Crippen LogP contribution in [0, 0.1) is 0 Å². The van der Waals surface area contributed by atoms with Crippen molar-refractivity contribution in [3.63, 3.8) is 0 Å². The molecule has 4 heteroatoms. The van der Waals surface area contributed by atoms with Crippen LogP contribution in [0.4, 0.5) is 8.78 Å². The van der Waals surface area contributed by atoms with Gasteiger partial charge in [-0.25, -0.2) is 8.78 Å². The molecule has 0 heterocycles. The molecule has 1 aromatic carbocycles. The Hall–Kier alpha value is -1.00. The average molecular weight is 186 g/mol. The largest absolute Gasteiger partial charge is 0.360 e. The lowest BCUT2D eigenvalue weighted by molar-refractivity contribution is -0.216. The molecule has 2 nitrogen and oxygen atoms in total. The Balaban J connectivity index is 2.61. The van der Waals surface area contributed by atoms with E-state index in [4.69, 9.17) is 0 Å². The first-order valence-electron chi connectivity index (χ1n) is 3.87. The Morgan fingerprint density at radius 1 is 1.15 bits per heavy atom. The third-order valence-corrected chi connectivity index (χ3v) is 2.30. The van der Waals surface area contributed by atoms with Gasteiger partial charge in [0, 0.05) is 5.56 Å². The minimum Gasteiger partial charge on any atom is -0.360 e. The molecule has 0 amide bonds. The molecular weight excluding hydrogens is 178 g/mol. The summed E-state index contributed by atoms with van der Waals surface area (Å²) < 4.78 is 26.1. The molecule has 2 rings (SSSR count). The van der Waals surface area contributed by atoms with Gasteiger partial charge in [0.15, 0.2) is 12.3 Å². The van der Waals surface area contributed by atoms with Crippen molar-refractivity contribution >= 4 is 0 Å². The van der Waals surface area contributed by atoms with Crippen molar-refractivity contribution in [2.45, 2.75) is 18.1 Å². The van der Waals surface area contributed by atoms with Gasteiger partial charge in [-0.1, -0.05) is 24.3 Å². The van der Waals surface area contributed by atoms with Crippen LogP contribution >= 0.6 is 0 Å². The summed E-state index contributed by atoms with van der Waals surface area (Å²) in [5.74, 6) is -2.68. The van der Waals surface area contributed by atoms with Gasteiger partial charge in [-0.05, 0) is 5.56 Å². The van der Waals surface area contributed by atoms with Gasteiger partial charge in [-0.15, -0.1) is 0 Å². The van der Waals surface area contributed by atoms with Crippen LogP contribution in [-0.4, -0.2) is 16.4 Å². The predicted molar refractivity (Wildman–Crippen MR) is 41.3 cm³/mol. The van der Waals surface area contributed by atoms with E-state index in [0.717, 1.165) is 0 Å². The van der Waals surface area contributed by atoms with E-state index in [1.165, 1.54) is 24.3 Å². The van der Waals surface area contributed by atoms with Gasteiger partial charge in [0.1, 0.15) is 0 Å². The maximum absolute atomic E-state index is 13.1. The van der Waals surface area contributed by atoms with Gasteiger partial charge in [0.05, 0.1) is 0 Å². The molecule has 70 valence electrons. The molecule has 1 aliphatic carbocycles. The van der Waals surface area contributed by atoms with E-state index in [9.17, 15) is 19.0 Å². The first-order valence-corrected chi connectivity index (χ1v) is 3.87. The zero-order valence-corrected chi connectivity index (χ0v) is 6.61. The summed E-state index contributed by atoms with van der Waals surface area (Å²) in [6, 6.07) is 5.69. The predicted octanol–water partition coefficient (Wildman–Crippen LogP) is 1.19. The number of fused-ring (bicyclic) bond motifs is 1. The Morgan fingerprint density at radius 2 is 1.77 bits per heavy atom. The normalized spacial score (nSPS) is 30.2. The molecule has 0 saturated heterocycles. The lowest BCUT2D eigenvalue weighted by Crippen LogP contribution is -2.32. The summed E-state index contributed by atoms with van der Waals surface area (Å²) in [5, 5.41) is 18.5. The Labute approximate surface area is 73.4 Å². The van der Waals surface area contributed by atoms with Crippen LogP contribution < -0.4 is 0 Å². The summed E-state index contributed by atoms with van der Waals surface area (Å²) in [7, 11) is 0. The molecule has 2 atom stereocenters. The van der Waals surface area contributed by atoms with E-state index in [-0.39, 0.29) is 11.1 Å². The van der Waals surface area contributed by atoms with Crippen LogP contribution in [0.2, 0.25) is 0 Å². The molecule has 0 aromatic heterocycles. The van der Waals surface area contributed by atoms with Crippen LogP contribution in [0.25, 0.3) is 0 Å². The van der Waals surface area contributed by atoms with Crippen LogP contribution in [0.3, 0.4) is 0 Å². The van der Waals surface area contributed by atoms with Gasteiger partial charge >= 0.3 is 0 Å². The monoisotopic (exact) mass is 186 g/mol. The van der Waals surface area contributed by atoms with Crippen LogP contribution in [0.15, 0.2) is 24.3 Å². The topological polar surface area (TPSA) is 40.5 Å². The van der Waals surface area contributed by atoms with E-state index >= 15 is 0 Å². The van der Waals surface area contributed by atoms with Crippen LogP contribution in [0.1, 0.15) is 17.3 Å². The fourth-order valence-corrected chi connectivity index (χ4v) is 1.58. The van der Waals surface area contributed by atoms with Crippen LogP contribution in [-0.2, 0) is 5.79 Å². The second kappa shape index (κ2) is 2.49. The molecule has 0 fully saturated rings. The number of hydrogen-bond acceptors (Lipinski definition) is 2. The van der Waals surface area contributed by atoms with E-state index in [0.29, 0.717) is 0 Å². The summed E-state index contributed by atoms with van der Waals surface area (Å²) in [5.41, 5.74) is -0.0741. The van der Waals surface area contributed by atoms with Crippen molar-refractivity contribution in [1.82, 2.24) is 0 Å². The summed E-state index contributed by atoms with van der Waals surface area (Å²) in [4.78, 5) is 0. The van der Waals surface area contributed by atoms with Crippen molar-refractivity contribution in [2.75, 3.05) is 0 Å². The fraction of sp³-hybridized carbons (Fsp3) is 0.333. The highest BCUT2D eigenvalue weighted by Gasteiger charge is 2.51. The summed E-state index contributed by atoms with van der Waals surface area (Å²) >= 11 is 0. The van der Waals surface area contributed by atoms with E-state index in [1.54, 1.807) is 0 Å². The van der Waals surface area contributed by atoms with Crippen molar-refractivity contribution < 1.29 is 19.0 Å². The van der Waals surface area contributed by atoms with Gasteiger partial charge in [-0.3, -0.25) is 0 Å². The first kappa shape index (κ1) is 8.59. The highest BCUT2D eigenvalue weighted by molar-refractivity contribution is 5.39. The Morgan fingerprint density at radius 3 is 2.38 bits per heavy atom. The molecule has 1 aromatic rings. The third-order valence-electron chi connectivity index (χ3n) is 2.30. The average Bonchev–Trinajstić information content (AvgIpc) is 2.30. The first-order chi connectivity index (χ1) is 6.05. The quantitative estimate of drug-likeness (QED) is 0.597. The molecule has 1 aliphatic rings. The SMILES string of the molecule is OC1(O)c2ccccc2C(F)C1F. The molecular formula is C9H8F2O2. The minimum atomic E-state index is -2.68. The number of alkyl halides is 2. The number of benzene rings is 1. The molecule has 0 bridgehead atoms. The van der Waals surface area contributed by atoms with Gasteiger partial charge < -0.3 is 10.2 Å². The molecule has 2 unspecified atom stereocenters. The maximum Gasteiger partial charge on any atom is 0.226 e.